The first-order valence-electron chi connectivity index (χ1n) is 9.93. The third-order valence-corrected chi connectivity index (χ3v) is 6.80. The minimum Gasteiger partial charge on any atom is -0.330 e. The van der Waals surface area contributed by atoms with Crippen LogP contribution in [0.15, 0.2) is 64.5 Å². The molecule has 0 spiro atoms. The van der Waals surface area contributed by atoms with Crippen molar-refractivity contribution in [1.82, 2.24) is 19.4 Å². The van der Waals surface area contributed by atoms with Crippen LogP contribution >= 0.6 is 36.6 Å². The molecule has 30 heavy (non-hydrogen) atoms. The number of fused-ring (bicyclic) bond motifs is 4. The van der Waals surface area contributed by atoms with Crippen molar-refractivity contribution < 1.29 is 0 Å². The average molecular weight is 465 g/mol. The summed E-state index contributed by atoms with van der Waals surface area (Å²) >= 11 is 1.82. The van der Waals surface area contributed by atoms with Crippen LogP contribution in [0.5, 0.6) is 0 Å². The van der Waals surface area contributed by atoms with Crippen LogP contribution in [0.4, 0.5) is 0 Å². The van der Waals surface area contributed by atoms with Gasteiger partial charge in [-0.3, -0.25) is 4.79 Å². The summed E-state index contributed by atoms with van der Waals surface area (Å²) in [4.78, 5) is 19.1. The van der Waals surface area contributed by atoms with Gasteiger partial charge in [0.15, 0.2) is 0 Å². The van der Waals surface area contributed by atoms with E-state index < -0.39 is 0 Å². The fraction of sp³-hybridized carbons (Fsp3) is 0.364. The van der Waals surface area contributed by atoms with Gasteiger partial charge >= 0.3 is 0 Å². The van der Waals surface area contributed by atoms with Crippen molar-refractivity contribution in [3.8, 4) is 11.4 Å². The van der Waals surface area contributed by atoms with E-state index in [4.69, 9.17) is 0 Å². The molecule has 2 atom stereocenters. The van der Waals surface area contributed by atoms with E-state index in [-0.39, 0.29) is 30.4 Å². The van der Waals surface area contributed by atoms with Gasteiger partial charge in [0.2, 0.25) is 0 Å². The van der Waals surface area contributed by atoms with Crippen molar-refractivity contribution in [2.45, 2.75) is 30.3 Å². The Kier molecular flexibility index (Phi) is 7.69. The van der Waals surface area contributed by atoms with Crippen LogP contribution in [0.1, 0.15) is 18.0 Å². The number of hydrogen-bond donors (Lipinski definition) is 1. The summed E-state index contributed by atoms with van der Waals surface area (Å²) in [6, 6.07) is 14.5. The highest BCUT2D eigenvalue weighted by Crippen LogP contribution is 2.32. The lowest BCUT2D eigenvalue weighted by Crippen LogP contribution is -2.45. The predicted octanol–water partition coefficient (Wildman–Crippen LogP) is 4.05. The van der Waals surface area contributed by atoms with Crippen LogP contribution in [0.2, 0.25) is 0 Å². The van der Waals surface area contributed by atoms with Crippen molar-refractivity contribution >= 4 is 36.6 Å². The van der Waals surface area contributed by atoms with Crippen LogP contribution in [0, 0.1) is 5.92 Å². The lowest BCUT2D eigenvalue weighted by Gasteiger charge is -2.37. The number of nitrogens with one attached hydrogen (secondary N) is 1. The quantitative estimate of drug-likeness (QED) is 0.578. The second-order valence-corrected chi connectivity index (χ2v) is 8.82. The van der Waals surface area contributed by atoms with Crippen molar-refractivity contribution in [1.29, 1.82) is 0 Å². The summed E-state index contributed by atoms with van der Waals surface area (Å²) in [6.45, 7) is 3.62. The molecule has 2 aromatic heterocycles. The topological polar surface area (TPSA) is 51.9 Å². The van der Waals surface area contributed by atoms with Crippen molar-refractivity contribution in [2.75, 3.05) is 18.8 Å². The number of benzene rings is 1. The lowest BCUT2D eigenvalue weighted by molar-refractivity contribution is 0.257. The van der Waals surface area contributed by atoms with E-state index in [0.29, 0.717) is 17.4 Å². The number of aryl methyl sites for hydroxylation is 1. The van der Waals surface area contributed by atoms with Gasteiger partial charge in [0.1, 0.15) is 5.82 Å². The Balaban J connectivity index is 0.00000128. The van der Waals surface area contributed by atoms with Crippen molar-refractivity contribution in [2.24, 2.45) is 5.92 Å². The highest BCUT2D eigenvalue weighted by atomic mass is 35.5. The van der Waals surface area contributed by atoms with E-state index in [1.54, 1.807) is 6.20 Å². The molecule has 4 heterocycles. The molecule has 0 unspecified atom stereocenters. The first kappa shape index (κ1) is 22.9. The summed E-state index contributed by atoms with van der Waals surface area (Å²) in [7, 11) is 0. The van der Waals surface area contributed by atoms with Gasteiger partial charge in [-0.2, -0.15) is 0 Å². The minimum atomic E-state index is 0. The Labute approximate surface area is 193 Å². The molecule has 1 aromatic carbocycles. The second-order valence-electron chi connectivity index (χ2n) is 7.65. The van der Waals surface area contributed by atoms with Crippen LogP contribution in [-0.4, -0.2) is 33.0 Å². The minimum absolute atomic E-state index is 0. The van der Waals surface area contributed by atoms with E-state index in [2.05, 4.69) is 45.2 Å². The highest BCUT2D eigenvalue weighted by molar-refractivity contribution is 7.99. The maximum Gasteiger partial charge on any atom is 0.261 e. The van der Waals surface area contributed by atoms with Gasteiger partial charge in [0.25, 0.3) is 5.56 Å². The number of nitrogens with zero attached hydrogens (tertiary/aromatic N) is 3. The third-order valence-electron chi connectivity index (χ3n) is 5.81. The molecule has 2 aliphatic rings. The molecule has 8 heteroatoms. The lowest BCUT2D eigenvalue weighted by atomic mass is 9.84. The zero-order chi connectivity index (χ0) is 18.9. The number of piperidine rings is 1. The SMILES string of the molecule is Cl.Cl.O=c1c(-c2nccn2CCSc2ccccc2)ccc2n1C[C@@H]1CNC[C@H]2C1. The van der Waals surface area contributed by atoms with Crippen LogP contribution in [-0.2, 0) is 13.1 Å². The Morgan fingerprint density at radius 1 is 1.10 bits per heavy atom. The summed E-state index contributed by atoms with van der Waals surface area (Å²) in [5.41, 5.74) is 2.00. The Morgan fingerprint density at radius 3 is 2.77 bits per heavy atom. The summed E-state index contributed by atoms with van der Waals surface area (Å²) in [5.74, 6) is 2.73. The Hall–Kier alpha value is -1.73. The van der Waals surface area contributed by atoms with E-state index in [9.17, 15) is 4.79 Å². The summed E-state index contributed by atoms with van der Waals surface area (Å²) < 4.78 is 4.11. The van der Waals surface area contributed by atoms with Gasteiger partial charge in [0.05, 0.1) is 5.56 Å². The molecule has 0 saturated carbocycles. The van der Waals surface area contributed by atoms with E-state index >= 15 is 0 Å². The monoisotopic (exact) mass is 464 g/mol. The van der Waals surface area contributed by atoms with Crippen molar-refractivity contribution in [3.05, 3.63) is 70.9 Å². The van der Waals surface area contributed by atoms with Crippen LogP contribution in [0.3, 0.4) is 0 Å². The summed E-state index contributed by atoms with van der Waals surface area (Å²) in [6.07, 6.45) is 4.96. The zero-order valence-corrected chi connectivity index (χ0v) is 19.0. The number of rotatable bonds is 5. The van der Waals surface area contributed by atoms with Gasteiger partial charge < -0.3 is 14.5 Å². The van der Waals surface area contributed by atoms with Gasteiger partial charge in [-0.15, -0.1) is 36.6 Å². The second kappa shape index (κ2) is 10.1. The molecule has 1 saturated heterocycles. The standard InChI is InChI=1S/C22H24N4OS.2ClH/c27-22-19(6-7-20-17-12-16(13-23-14-17)15-26(20)22)21-24-8-9-25(21)10-11-28-18-4-2-1-3-5-18;;/h1-9,16-17,23H,10-15H2;2*1H/t16-,17+;;/m0../s1. The van der Waals surface area contributed by atoms with Crippen molar-refractivity contribution in [3.63, 3.8) is 0 Å². The molecule has 2 bridgehead atoms. The molecule has 1 N–H and O–H groups in total. The Morgan fingerprint density at radius 2 is 1.93 bits per heavy atom. The number of imidazole rings is 1. The molecule has 5 nitrogen and oxygen atoms in total. The Bertz CT molecular complexity index is 1040. The predicted molar refractivity (Wildman–Crippen MR) is 127 cm³/mol. The zero-order valence-electron chi connectivity index (χ0n) is 16.6. The molecule has 5 rings (SSSR count). The first-order valence-corrected chi connectivity index (χ1v) is 10.9. The number of aromatic nitrogens is 3. The van der Waals surface area contributed by atoms with Gasteiger partial charge in [0, 0.05) is 54.3 Å². The third kappa shape index (κ3) is 4.47. The molecule has 0 aliphatic carbocycles. The number of pyridine rings is 1. The molecule has 0 amide bonds. The highest BCUT2D eigenvalue weighted by Gasteiger charge is 2.31. The average Bonchev–Trinajstić information content (AvgIpc) is 3.18. The molecular formula is C22H26Cl2N4OS. The van der Waals surface area contributed by atoms with Gasteiger partial charge in [-0.1, -0.05) is 18.2 Å². The van der Waals surface area contributed by atoms with Gasteiger partial charge in [-0.05, 0) is 43.1 Å². The fourth-order valence-electron chi connectivity index (χ4n) is 4.47. The normalized spacial score (nSPS) is 19.3. The van der Waals surface area contributed by atoms with E-state index in [0.717, 1.165) is 37.8 Å². The smallest absolute Gasteiger partial charge is 0.261 e. The largest absolute Gasteiger partial charge is 0.330 e. The number of hydrogen-bond acceptors (Lipinski definition) is 4. The maximum atomic E-state index is 13.3. The molecule has 160 valence electrons. The van der Waals surface area contributed by atoms with Crippen LogP contribution < -0.4 is 10.9 Å². The molecular weight excluding hydrogens is 439 g/mol. The van der Waals surface area contributed by atoms with Gasteiger partial charge in [-0.25, -0.2) is 4.98 Å². The maximum absolute atomic E-state index is 13.3. The first-order chi connectivity index (χ1) is 13.8. The van der Waals surface area contributed by atoms with E-state index in [1.165, 1.54) is 17.0 Å². The molecule has 1 fully saturated rings. The summed E-state index contributed by atoms with van der Waals surface area (Å²) in [5, 5.41) is 3.50. The number of halogens is 2. The fourth-order valence-corrected chi connectivity index (χ4v) is 5.35. The number of thioether (sulfide) groups is 1. The van der Waals surface area contributed by atoms with Crippen LogP contribution in [0.25, 0.3) is 11.4 Å². The molecule has 0 radical (unpaired) electrons. The molecule has 2 aliphatic heterocycles. The molecule has 3 aromatic rings. The van der Waals surface area contributed by atoms with E-state index in [1.807, 2.05) is 34.7 Å².